The largest absolute Gasteiger partial charge is 0.384 e. The highest BCUT2D eigenvalue weighted by molar-refractivity contribution is 7.88. The van der Waals surface area contributed by atoms with E-state index in [1.165, 1.54) is 6.26 Å². The SMILES string of the molecule is COC[C@H]1CN(S(C)(=O)=O)CC12CCN(C(=O)c1ccn(C)n1)CC2. The second-order valence-electron chi connectivity index (χ2n) is 7.24. The van der Waals surface area contributed by atoms with E-state index >= 15 is 0 Å². The van der Waals surface area contributed by atoms with Crippen molar-refractivity contribution < 1.29 is 17.9 Å². The summed E-state index contributed by atoms with van der Waals surface area (Å²) in [7, 11) is 0.222. The number of nitrogens with zero attached hydrogens (tertiary/aromatic N) is 4. The molecule has 2 fully saturated rings. The Hall–Kier alpha value is -1.45. The summed E-state index contributed by atoms with van der Waals surface area (Å²) in [4.78, 5) is 14.4. The van der Waals surface area contributed by atoms with Crippen LogP contribution in [-0.4, -0.2) is 79.5 Å². The molecule has 140 valence electrons. The van der Waals surface area contributed by atoms with Crippen molar-refractivity contribution in [3.8, 4) is 0 Å². The molecule has 25 heavy (non-hydrogen) atoms. The number of carbonyl (C=O) groups excluding carboxylic acids is 1. The van der Waals surface area contributed by atoms with Crippen molar-refractivity contribution in [3.63, 3.8) is 0 Å². The van der Waals surface area contributed by atoms with E-state index in [2.05, 4.69) is 5.10 Å². The summed E-state index contributed by atoms with van der Waals surface area (Å²) in [6.07, 6.45) is 4.58. The van der Waals surface area contributed by atoms with Crippen LogP contribution < -0.4 is 0 Å². The van der Waals surface area contributed by atoms with Gasteiger partial charge in [-0.3, -0.25) is 9.48 Å². The molecule has 0 bridgehead atoms. The van der Waals surface area contributed by atoms with Crippen LogP contribution in [0.1, 0.15) is 23.3 Å². The molecule has 1 aromatic heterocycles. The zero-order valence-corrected chi connectivity index (χ0v) is 15.8. The van der Waals surface area contributed by atoms with Crippen LogP contribution in [0.3, 0.4) is 0 Å². The first kappa shape index (κ1) is 18.3. The number of likely N-dealkylation sites (tertiary alicyclic amines) is 1. The van der Waals surface area contributed by atoms with Crippen molar-refractivity contribution in [1.29, 1.82) is 0 Å². The number of sulfonamides is 1. The third kappa shape index (κ3) is 3.58. The van der Waals surface area contributed by atoms with E-state index in [9.17, 15) is 13.2 Å². The molecular weight excluding hydrogens is 344 g/mol. The summed E-state index contributed by atoms with van der Waals surface area (Å²) < 4.78 is 32.5. The van der Waals surface area contributed by atoms with Crippen LogP contribution in [0.2, 0.25) is 0 Å². The molecule has 0 aliphatic carbocycles. The molecule has 9 heteroatoms. The van der Waals surface area contributed by atoms with Gasteiger partial charge in [-0.2, -0.15) is 5.10 Å². The van der Waals surface area contributed by atoms with Crippen molar-refractivity contribution in [2.45, 2.75) is 12.8 Å². The second-order valence-corrected chi connectivity index (χ2v) is 9.22. The van der Waals surface area contributed by atoms with E-state index in [0.717, 1.165) is 12.8 Å². The third-order valence-corrected chi connectivity index (χ3v) is 6.81. The highest BCUT2D eigenvalue weighted by atomic mass is 32.2. The van der Waals surface area contributed by atoms with Gasteiger partial charge >= 0.3 is 0 Å². The molecule has 2 aliphatic rings. The molecule has 0 saturated carbocycles. The Kier molecular flexibility index (Phi) is 4.91. The van der Waals surface area contributed by atoms with Gasteiger partial charge in [0.05, 0.1) is 12.9 Å². The normalized spacial score (nSPS) is 24.1. The Balaban J connectivity index is 1.71. The fourth-order valence-corrected chi connectivity index (χ4v) is 5.02. The van der Waals surface area contributed by atoms with Crippen LogP contribution in [0.15, 0.2) is 12.3 Å². The lowest BCUT2D eigenvalue weighted by Gasteiger charge is -2.42. The van der Waals surface area contributed by atoms with E-state index in [-0.39, 0.29) is 17.2 Å². The third-order valence-electron chi connectivity index (χ3n) is 5.60. The lowest BCUT2D eigenvalue weighted by atomic mass is 9.71. The van der Waals surface area contributed by atoms with Crippen LogP contribution >= 0.6 is 0 Å². The highest BCUT2D eigenvalue weighted by Gasteiger charge is 2.50. The molecule has 3 heterocycles. The average molecular weight is 370 g/mol. The van der Waals surface area contributed by atoms with Gasteiger partial charge in [-0.1, -0.05) is 0 Å². The molecule has 0 N–H and O–H groups in total. The lowest BCUT2D eigenvalue weighted by molar-refractivity contribution is 0.0324. The number of methoxy groups -OCH3 is 1. The molecule has 2 saturated heterocycles. The first-order valence-electron chi connectivity index (χ1n) is 8.48. The Morgan fingerprint density at radius 2 is 2.08 bits per heavy atom. The number of aromatic nitrogens is 2. The number of hydrogen-bond acceptors (Lipinski definition) is 5. The summed E-state index contributed by atoms with van der Waals surface area (Å²) in [5, 5.41) is 4.18. The summed E-state index contributed by atoms with van der Waals surface area (Å²) >= 11 is 0. The van der Waals surface area contributed by atoms with Gasteiger partial charge in [-0.05, 0) is 24.3 Å². The molecule has 8 nitrogen and oxygen atoms in total. The van der Waals surface area contributed by atoms with Gasteiger partial charge in [0.15, 0.2) is 0 Å². The van der Waals surface area contributed by atoms with Crippen molar-refractivity contribution in [1.82, 2.24) is 19.0 Å². The van der Waals surface area contributed by atoms with Gasteiger partial charge in [0.2, 0.25) is 10.0 Å². The molecule has 1 aromatic rings. The van der Waals surface area contributed by atoms with E-state index in [0.29, 0.717) is 38.5 Å². The Morgan fingerprint density at radius 3 is 2.60 bits per heavy atom. The fourth-order valence-electron chi connectivity index (χ4n) is 4.08. The van der Waals surface area contributed by atoms with Crippen LogP contribution in [0.4, 0.5) is 0 Å². The summed E-state index contributed by atoms with van der Waals surface area (Å²) in [5.41, 5.74) is 0.344. The molecule has 0 unspecified atom stereocenters. The minimum Gasteiger partial charge on any atom is -0.384 e. The Bertz CT molecular complexity index is 737. The van der Waals surface area contributed by atoms with Crippen LogP contribution in [0.25, 0.3) is 0 Å². The van der Waals surface area contributed by atoms with Gasteiger partial charge in [-0.15, -0.1) is 0 Å². The smallest absolute Gasteiger partial charge is 0.274 e. The summed E-state index contributed by atoms with van der Waals surface area (Å²) in [6.45, 7) is 2.80. The van der Waals surface area contributed by atoms with E-state index in [4.69, 9.17) is 4.74 Å². The lowest BCUT2D eigenvalue weighted by Crippen LogP contribution is -2.47. The van der Waals surface area contributed by atoms with Gasteiger partial charge in [0, 0.05) is 52.5 Å². The van der Waals surface area contributed by atoms with E-state index in [1.54, 1.807) is 35.4 Å². The topological polar surface area (TPSA) is 84.7 Å². The number of carbonyl (C=O) groups is 1. The number of aryl methyl sites for hydroxylation is 1. The summed E-state index contributed by atoms with van der Waals surface area (Å²) in [5.74, 6) is 0.107. The number of hydrogen-bond donors (Lipinski definition) is 0. The van der Waals surface area contributed by atoms with Gasteiger partial charge in [-0.25, -0.2) is 12.7 Å². The predicted molar refractivity (Wildman–Crippen MR) is 92.6 cm³/mol. The Morgan fingerprint density at radius 1 is 1.40 bits per heavy atom. The van der Waals surface area contributed by atoms with E-state index < -0.39 is 10.0 Å². The van der Waals surface area contributed by atoms with Crippen LogP contribution in [0, 0.1) is 11.3 Å². The number of rotatable bonds is 4. The molecule has 0 aromatic carbocycles. The van der Waals surface area contributed by atoms with E-state index in [1.807, 2.05) is 4.90 Å². The standard InChI is InChI=1S/C16H26N4O4S/c1-18-7-4-14(17-18)15(21)19-8-5-16(6-9-19)12-20(25(3,22)23)10-13(16)11-24-2/h4,7,13H,5-6,8-12H2,1-3H3/t13-/m1/s1. The average Bonchev–Trinajstić information content (AvgIpc) is 3.13. The number of piperidine rings is 1. The zero-order chi connectivity index (χ0) is 18.2. The van der Waals surface area contributed by atoms with Crippen LogP contribution in [-0.2, 0) is 21.8 Å². The maximum absolute atomic E-state index is 12.6. The van der Waals surface area contributed by atoms with Crippen molar-refractivity contribution >= 4 is 15.9 Å². The number of ether oxygens (including phenoxy) is 1. The van der Waals surface area contributed by atoms with Crippen LogP contribution in [0.5, 0.6) is 0 Å². The first-order chi connectivity index (χ1) is 11.7. The first-order valence-corrected chi connectivity index (χ1v) is 10.3. The maximum Gasteiger partial charge on any atom is 0.274 e. The highest BCUT2D eigenvalue weighted by Crippen LogP contribution is 2.45. The van der Waals surface area contributed by atoms with Crippen molar-refractivity contribution in [3.05, 3.63) is 18.0 Å². The minimum absolute atomic E-state index is 0.0586. The van der Waals surface area contributed by atoms with Crippen molar-refractivity contribution in [2.24, 2.45) is 18.4 Å². The fraction of sp³-hybridized carbons (Fsp3) is 0.750. The zero-order valence-electron chi connectivity index (χ0n) is 15.0. The number of amides is 1. The molecule has 1 spiro atoms. The molecule has 0 radical (unpaired) electrons. The van der Waals surface area contributed by atoms with Gasteiger partial charge in [0.25, 0.3) is 5.91 Å². The maximum atomic E-state index is 12.6. The van der Waals surface area contributed by atoms with Gasteiger partial charge < -0.3 is 9.64 Å². The molecule has 1 amide bonds. The van der Waals surface area contributed by atoms with Gasteiger partial charge in [0.1, 0.15) is 5.69 Å². The quantitative estimate of drug-likeness (QED) is 0.755. The predicted octanol–water partition coefficient (Wildman–Crippen LogP) is 0.180. The molecule has 3 rings (SSSR count). The Labute approximate surface area is 148 Å². The minimum atomic E-state index is -3.21. The second kappa shape index (κ2) is 6.69. The van der Waals surface area contributed by atoms with Crippen molar-refractivity contribution in [2.75, 3.05) is 46.2 Å². The molecular formula is C16H26N4O4S. The summed E-state index contributed by atoms with van der Waals surface area (Å²) in [6, 6.07) is 1.72. The molecule has 1 atom stereocenters. The molecule has 2 aliphatic heterocycles. The monoisotopic (exact) mass is 370 g/mol.